The van der Waals surface area contributed by atoms with E-state index in [0.717, 1.165) is 0 Å². The third kappa shape index (κ3) is 3.61. The molecule has 0 spiro atoms. The molecule has 0 fully saturated rings. The van der Waals surface area contributed by atoms with E-state index < -0.39 is 0 Å². The van der Waals surface area contributed by atoms with Gasteiger partial charge in [0.25, 0.3) is 0 Å². The molecule has 0 saturated heterocycles. The minimum atomic E-state index is -0.263. The number of ether oxygens (including phenoxy) is 1. The second kappa shape index (κ2) is 6.26. The SMILES string of the molecule is COc1ccc(Cl)c(NCc2ccc(Br)cc2F)c1. The molecule has 2 aromatic carbocycles. The van der Waals surface area contributed by atoms with Crippen LogP contribution in [0.5, 0.6) is 5.75 Å². The minimum Gasteiger partial charge on any atom is -0.497 e. The lowest BCUT2D eigenvalue weighted by molar-refractivity contribution is 0.415. The number of benzene rings is 2. The number of hydrogen-bond acceptors (Lipinski definition) is 2. The summed E-state index contributed by atoms with van der Waals surface area (Å²) >= 11 is 9.29. The fraction of sp³-hybridized carbons (Fsp3) is 0.143. The molecule has 2 rings (SSSR count). The molecule has 0 atom stereocenters. The lowest BCUT2D eigenvalue weighted by atomic mass is 10.2. The predicted molar refractivity (Wildman–Crippen MR) is 79.4 cm³/mol. The van der Waals surface area contributed by atoms with E-state index in [0.29, 0.717) is 33.0 Å². The molecule has 0 radical (unpaired) electrons. The van der Waals surface area contributed by atoms with Crippen LogP contribution < -0.4 is 10.1 Å². The molecule has 0 aliphatic carbocycles. The summed E-state index contributed by atoms with van der Waals surface area (Å²) < 4.78 is 19.5. The zero-order valence-electron chi connectivity index (χ0n) is 10.2. The van der Waals surface area contributed by atoms with E-state index in [4.69, 9.17) is 16.3 Å². The van der Waals surface area contributed by atoms with Crippen molar-refractivity contribution in [2.75, 3.05) is 12.4 Å². The highest BCUT2D eigenvalue weighted by Gasteiger charge is 2.05. The highest BCUT2D eigenvalue weighted by Crippen LogP contribution is 2.27. The molecule has 0 saturated carbocycles. The van der Waals surface area contributed by atoms with Crippen LogP contribution in [0.25, 0.3) is 0 Å². The van der Waals surface area contributed by atoms with Crippen molar-refractivity contribution in [2.45, 2.75) is 6.54 Å². The Bertz CT molecular complexity index is 592. The monoisotopic (exact) mass is 343 g/mol. The second-order valence-electron chi connectivity index (χ2n) is 3.94. The summed E-state index contributed by atoms with van der Waals surface area (Å²) in [4.78, 5) is 0. The Balaban J connectivity index is 2.14. The highest BCUT2D eigenvalue weighted by molar-refractivity contribution is 9.10. The lowest BCUT2D eigenvalue weighted by Crippen LogP contribution is -2.02. The summed E-state index contributed by atoms with van der Waals surface area (Å²) in [6.45, 7) is 0.353. The maximum atomic E-state index is 13.7. The number of halogens is 3. The summed E-state index contributed by atoms with van der Waals surface area (Å²) in [6.07, 6.45) is 0. The molecule has 2 aromatic rings. The van der Waals surface area contributed by atoms with E-state index in [1.807, 2.05) is 0 Å². The van der Waals surface area contributed by atoms with Crippen molar-refractivity contribution in [1.29, 1.82) is 0 Å². The number of methoxy groups -OCH3 is 1. The maximum Gasteiger partial charge on any atom is 0.129 e. The van der Waals surface area contributed by atoms with Crippen LogP contribution in [-0.2, 0) is 6.54 Å². The van der Waals surface area contributed by atoms with Gasteiger partial charge in [-0.3, -0.25) is 0 Å². The van der Waals surface area contributed by atoms with Crippen molar-refractivity contribution in [1.82, 2.24) is 0 Å². The molecule has 0 heterocycles. The zero-order valence-corrected chi connectivity index (χ0v) is 12.6. The van der Waals surface area contributed by atoms with Crippen molar-refractivity contribution in [3.8, 4) is 5.75 Å². The number of hydrogen-bond donors (Lipinski definition) is 1. The topological polar surface area (TPSA) is 21.3 Å². The van der Waals surface area contributed by atoms with Crippen molar-refractivity contribution >= 4 is 33.2 Å². The molecule has 0 unspecified atom stereocenters. The van der Waals surface area contributed by atoms with Gasteiger partial charge in [-0.15, -0.1) is 0 Å². The molecular weight excluding hydrogens is 333 g/mol. The van der Waals surface area contributed by atoms with E-state index in [1.54, 1.807) is 37.4 Å². The Morgan fingerprint density at radius 2 is 2.05 bits per heavy atom. The summed E-state index contributed by atoms with van der Waals surface area (Å²) in [5.41, 5.74) is 1.28. The molecular formula is C14H12BrClFNO. The van der Waals surface area contributed by atoms with Crippen LogP contribution in [-0.4, -0.2) is 7.11 Å². The average Bonchev–Trinajstić information content (AvgIpc) is 2.39. The van der Waals surface area contributed by atoms with Crippen molar-refractivity contribution in [2.24, 2.45) is 0 Å². The smallest absolute Gasteiger partial charge is 0.129 e. The van der Waals surface area contributed by atoms with Crippen LogP contribution in [0.3, 0.4) is 0 Å². The molecule has 0 aromatic heterocycles. The Morgan fingerprint density at radius 3 is 2.74 bits per heavy atom. The van der Waals surface area contributed by atoms with Crippen LogP contribution in [0.2, 0.25) is 5.02 Å². The quantitative estimate of drug-likeness (QED) is 0.855. The van der Waals surface area contributed by atoms with E-state index in [-0.39, 0.29) is 5.82 Å². The fourth-order valence-corrected chi connectivity index (χ4v) is 2.14. The standard InChI is InChI=1S/C14H12BrClFNO/c1-19-11-4-5-12(16)14(7-11)18-8-9-2-3-10(15)6-13(9)17/h2-7,18H,8H2,1H3. The van der Waals surface area contributed by atoms with Crippen LogP contribution in [0.1, 0.15) is 5.56 Å². The van der Waals surface area contributed by atoms with Gasteiger partial charge in [0.2, 0.25) is 0 Å². The fourth-order valence-electron chi connectivity index (χ4n) is 1.62. The van der Waals surface area contributed by atoms with Gasteiger partial charge in [0.1, 0.15) is 11.6 Å². The van der Waals surface area contributed by atoms with Crippen molar-refractivity contribution in [3.63, 3.8) is 0 Å². The first-order valence-corrected chi connectivity index (χ1v) is 6.78. The normalized spacial score (nSPS) is 10.3. The van der Waals surface area contributed by atoms with E-state index in [9.17, 15) is 4.39 Å². The van der Waals surface area contributed by atoms with Crippen LogP contribution in [0.15, 0.2) is 40.9 Å². The summed E-state index contributed by atoms with van der Waals surface area (Å²) in [6, 6.07) is 10.2. The molecule has 0 bridgehead atoms. The zero-order chi connectivity index (χ0) is 13.8. The Morgan fingerprint density at radius 1 is 1.26 bits per heavy atom. The lowest BCUT2D eigenvalue weighted by Gasteiger charge is -2.11. The van der Waals surface area contributed by atoms with Gasteiger partial charge >= 0.3 is 0 Å². The van der Waals surface area contributed by atoms with Gasteiger partial charge in [0.05, 0.1) is 17.8 Å². The number of rotatable bonds is 4. The molecule has 0 amide bonds. The molecule has 100 valence electrons. The van der Waals surface area contributed by atoms with Gasteiger partial charge in [-0.05, 0) is 24.3 Å². The Kier molecular flexibility index (Phi) is 4.66. The number of anilines is 1. The van der Waals surface area contributed by atoms with E-state index >= 15 is 0 Å². The molecule has 2 nitrogen and oxygen atoms in total. The maximum absolute atomic E-state index is 13.7. The molecule has 0 aliphatic rings. The molecule has 5 heteroatoms. The minimum absolute atomic E-state index is 0.263. The van der Waals surface area contributed by atoms with E-state index in [2.05, 4.69) is 21.2 Å². The largest absolute Gasteiger partial charge is 0.497 e. The summed E-state index contributed by atoms with van der Waals surface area (Å²) in [7, 11) is 1.58. The third-order valence-corrected chi connectivity index (χ3v) is 3.48. The van der Waals surface area contributed by atoms with Gasteiger partial charge in [-0.25, -0.2) is 4.39 Å². The molecule has 0 aliphatic heterocycles. The van der Waals surface area contributed by atoms with Gasteiger partial charge in [-0.1, -0.05) is 33.6 Å². The number of nitrogens with one attached hydrogen (secondary N) is 1. The first-order valence-electron chi connectivity index (χ1n) is 5.61. The van der Waals surface area contributed by atoms with Gasteiger partial charge in [0.15, 0.2) is 0 Å². The molecule has 1 N–H and O–H groups in total. The average molecular weight is 345 g/mol. The van der Waals surface area contributed by atoms with E-state index in [1.165, 1.54) is 6.07 Å². The first-order chi connectivity index (χ1) is 9.10. The van der Waals surface area contributed by atoms with Crippen molar-refractivity contribution in [3.05, 3.63) is 57.3 Å². The predicted octanol–water partition coefficient (Wildman–Crippen LogP) is 4.86. The molecule has 19 heavy (non-hydrogen) atoms. The first kappa shape index (κ1) is 14.2. The van der Waals surface area contributed by atoms with Crippen LogP contribution >= 0.6 is 27.5 Å². The van der Waals surface area contributed by atoms with Gasteiger partial charge < -0.3 is 10.1 Å². The summed E-state index contributed by atoms with van der Waals surface area (Å²) in [5.74, 6) is 0.434. The third-order valence-electron chi connectivity index (χ3n) is 2.66. The van der Waals surface area contributed by atoms with Crippen LogP contribution in [0.4, 0.5) is 10.1 Å². The Hall–Kier alpha value is -1.26. The van der Waals surface area contributed by atoms with Crippen LogP contribution in [0, 0.1) is 5.82 Å². The highest BCUT2D eigenvalue weighted by atomic mass is 79.9. The summed E-state index contributed by atoms with van der Waals surface area (Å²) in [5, 5.41) is 3.66. The van der Waals surface area contributed by atoms with Gasteiger partial charge in [0, 0.05) is 22.6 Å². The van der Waals surface area contributed by atoms with Crippen molar-refractivity contribution < 1.29 is 9.13 Å². The van der Waals surface area contributed by atoms with Gasteiger partial charge in [-0.2, -0.15) is 0 Å². The Labute approximate surface area is 124 Å². The second-order valence-corrected chi connectivity index (χ2v) is 5.26.